The van der Waals surface area contributed by atoms with Crippen LogP contribution in [-0.2, 0) is 32.6 Å². The number of benzene rings is 3. The molecule has 0 saturated heterocycles. The molecule has 1 N–H and O–H groups in total. The number of hydrogen-bond donors (Lipinski definition) is 1. The number of rotatable bonds is 9. The molecule has 40 heavy (non-hydrogen) atoms. The molecule has 0 saturated carbocycles. The van der Waals surface area contributed by atoms with Crippen molar-refractivity contribution in [2.24, 2.45) is 0 Å². The first-order valence-corrected chi connectivity index (χ1v) is 14.7. The van der Waals surface area contributed by atoms with E-state index in [4.69, 9.17) is 0 Å². The Morgan fingerprint density at radius 2 is 1.52 bits per heavy atom. The Hall–Kier alpha value is -3.98. The van der Waals surface area contributed by atoms with Crippen LogP contribution >= 0.6 is 0 Å². The van der Waals surface area contributed by atoms with Crippen LogP contribution in [0.1, 0.15) is 54.2 Å². The monoisotopic (exact) mass is 561 g/mol. The molecule has 0 radical (unpaired) electrons. The highest BCUT2D eigenvalue weighted by Gasteiger charge is 2.41. The number of fused-ring (bicyclic) bond motifs is 1. The lowest BCUT2D eigenvalue weighted by Gasteiger charge is -2.34. The van der Waals surface area contributed by atoms with Gasteiger partial charge in [-0.2, -0.15) is 0 Å². The predicted octanol–water partition coefficient (Wildman–Crippen LogP) is 4.08. The Kier molecular flexibility index (Phi) is 8.44. The zero-order valence-electron chi connectivity index (χ0n) is 23.3. The van der Waals surface area contributed by atoms with Gasteiger partial charge in [-0.25, -0.2) is 12.7 Å². The number of nitrogens with zero attached hydrogens (tertiary/aromatic N) is 2. The lowest BCUT2D eigenvalue weighted by atomic mass is 10.00. The lowest BCUT2D eigenvalue weighted by Crippen LogP contribution is -2.54. The largest absolute Gasteiger partial charge is 0.350 e. The first-order valence-electron chi connectivity index (χ1n) is 13.2. The van der Waals surface area contributed by atoms with E-state index < -0.39 is 33.4 Å². The molecule has 1 atom stereocenters. The van der Waals surface area contributed by atoms with E-state index >= 15 is 0 Å². The van der Waals surface area contributed by atoms with E-state index in [0.717, 1.165) is 21.0 Å². The lowest BCUT2D eigenvalue weighted by molar-refractivity contribution is -0.142. The molecule has 1 heterocycles. The fraction of sp³-hybridized carbons (Fsp3) is 0.323. The summed E-state index contributed by atoms with van der Waals surface area (Å²) in [6, 6.07) is 22.3. The minimum atomic E-state index is -4.06. The smallest absolute Gasteiger partial charge is 0.269 e. The van der Waals surface area contributed by atoms with E-state index in [1.807, 2.05) is 82.3 Å². The fourth-order valence-electron chi connectivity index (χ4n) is 4.69. The Morgan fingerprint density at radius 3 is 2.15 bits per heavy atom. The van der Waals surface area contributed by atoms with Crippen molar-refractivity contribution in [1.29, 1.82) is 0 Å². The molecule has 1 aliphatic heterocycles. The normalized spacial score (nSPS) is 14.9. The Balaban J connectivity index is 1.65. The Morgan fingerprint density at radius 1 is 0.900 bits per heavy atom. The summed E-state index contributed by atoms with van der Waals surface area (Å²) < 4.78 is 26.9. The van der Waals surface area contributed by atoms with Crippen molar-refractivity contribution in [3.63, 3.8) is 0 Å². The summed E-state index contributed by atoms with van der Waals surface area (Å²) in [5.74, 6) is -1.39. The highest BCUT2D eigenvalue weighted by atomic mass is 32.2. The highest BCUT2D eigenvalue weighted by molar-refractivity contribution is 7.90. The molecule has 9 heteroatoms. The van der Waals surface area contributed by atoms with Crippen LogP contribution in [0.25, 0.3) is 0 Å². The van der Waals surface area contributed by atoms with E-state index in [0.29, 0.717) is 0 Å². The van der Waals surface area contributed by atoms with Crippen LogP contribution in [0.3, 0.4) is 0 Å². The summed E-state index contributed by atoms with van der Waals surface area (Å²) >= 11 is 0. The van der Waals surface area contributed by atoms with Crippen LogP contribution in [-0.4, -0.2) is 53.5 Å². The van der Waals surface area contributed by atoms with Gasteiger partial charge in [-0.15, -0.1) is 0 Å². The highest BCUT2D eigenvalue weighted by Crippen LogP contribution is 2.30. The van der Waals surface area contributed by atoms with Gasteiger partial charge in [-0.05, 0) is 51.0 Å². The van der Waals surface area contributed by atoms with Crippen LogP contribution in [0.15, 0.2) is 83.8 Å². The van der Waals surface area contributed by atoms with Gasteiger partial charge in [0.25, 0.3) is 15.9 Å². The van der Waals surface area contributed by atoms with Crippen LogP contribution in [0.2, 0.25) is 0 Å². The summed E-state index contributed by atoms with van der Waals surface area (Å²) in [5, 5.41) is 3.01. The molecule has 1 aliphatic rings. The third-order valence-electron chi connectivity index (χ3n) is 6.68. The molecule has 4 rings (SSSR count). The number of amides is 3. The Bertz CT molecular complexity index is 1500. The second kappa shape index (κ2) is 11.6. The standard InChI is InChI=1S/C31H35N3O5S/c1-22-14-16-24(17-15-22)21-33(26(29(36)32-31(2,3)4)20-23-10-6-5-7-11-23)28(35)18-19-34-30(37)25-12-8-9-13-27(25)40(34,38)39/h5-17,26H,18-21H2,1-4H3,(H,32,36)/t26-/m0/s1. The number of carbonyl (C=O) groups is 3. The average Bonchev–Trinajstić information content (AvgIpc) is 3.10. The first-order chi connectivity index (χ1) is 18.9. The van der Waals surface area contributed by atoms with Gasteiger partial charge in [0.2, 0.25) is 11.8 Å². The van der Waals surface area contributed by atoms with Crippen molar-refractivity contribution in [3.05, 3.63) is 101 Å². The molecule has 0 bridgehead atoms. The summed E-state index contributed by atoms with van der Waals surface area (Å²) in [6.07, 6.45) is 0.00560. The first kappa shape index (κ1) is 29.0. The second-order valence-electron chi connectivity index (χ2n) is 11.1. The Labute approximate surface area is 236 Å². The number of aryl methyl sites for hydroxylation is 1. The fourth-order valence-corrected chi connectivity index (χ4v) is 6.26. The summed E-state index contributed by atoms with van der Waals surface area (Å²) in [7, 11) is -4.06. The summed E-state index contributed by atoms with van der Waals surface area (Å²) in [6.45, 7) is 7.41. The van der Waals surface area contributed by atoms with Gasteiger partial charge < -0.3 is 10.2 Å². The van der Waals surface area contributed by atoms with Crippen molar-refractivity contribution < 1.29 is 22.8 Å². The number of carbonyl (C=O) groups excluding carboxylic acids is 3. The topological polar surface area (TPSA) is 104 Å². The van der Waals surface area contributed by atoms with Crippen LogP contribution in [0, 0.1) is 6.92 Å². The van der Waals surface area contributed by atoms with Gasteiger partial charge >= 0.3 is 0 Å². The van der Waals surface area contributed by atoms with E-state index in [1.54, 1.807) is 12.1 Å². The van der Waals surface area contributed by atoms with Crippen LogP contribution < -0.4 is 5.32 Å². The molecule has 8 nitrogen and oxygen atoms in total. The van der Waals surface area contributed by atoms with Crippen molar-refractivity contribution in [2.45, 2.75) is 63.6 Å². The van der Waals surface area contributed by atoms with Gasteiger partial charge in [0, 0.05) is 31.5 Å². The van der Waals surface area contributed by atoms with Crippen molar-refractivity contribution >= 4 is 27.7 Å². The second-order valence-corrected chi connectivity index (χ2v) is 12.9. The van der Waals surface area contributed by atoms with Crippen molar-refractivity contribution in [1.82, 2.24) is 14.5 Å². The molecule has 3 aromatic carbocycles. The van der Waals surface area contributed by atoms with Crippen LogP contribution in [0.5, 0.6) is 0 Å². The number of nitrogens with one attached hydrogen (secondary N) is 1. The maximum Gasteiger partial charge on any atom is 0.269 e. The summed E-state index contributed by atoms with van der Waals surface area (Å²) in [4.78, 5) is 41.9. The van der Waals surface area contributed by atoms with Crippen molar-refractivity contribution in [2.75, 3.05) is 6.54 Å². The molecule has 0 fully saturated rings. The SMILES string of the molecule is Cc1ccc(CN(C(=O)CCN2C(=O)c3ccccc3S2(=O)=O)[C@@H](Cc2ccccc2)C(=O)NC(C)(C)C)cc1. The van der Waals surface area contributed by atoms with E-state index in [9.17, 15) is 22.8 Å². The maximum absolute atomic E-state index is 13.9. The number of sulfonamides is 1. The van der Waals surface area contributed by atoms with E-state index in [-0.39, 0.29) is 42.3 Å². The molecule has 0 spiro atoms. The van der Waals surface area contributed by atoms with E-state index in [1.165, 1.54) is 17.0 Å². The van der Waals surface area contributed by atoms with Gasteiger partial charge in [0.1, 0.15) is 10.9 Å². The number of hydrogen-bond acceptors (Lipinski definition) is 5. The third kappa shape index (κ3) is 6.59. The zero-order chi connectivity index (χ0) is 29.1. The molecule has 0 unspecified atom stereocenters. The predicted molar refractivity (Wildman–Crippen MR) is 153 cm³/mol. The van der Waals surface area contributed by atoms with Gasteiger partial charge in [-0.3, -0.25) is 14.4 Å². The van der Waals surface area contributed by atoms with Gasteiger partial charge in [0.15, 0.2) is 0 Å². The molecule has 0 aliphatic carbocycles. The zero-order valence-corrected chi connectivity index (χ0v) is 24.1. The average molecular weight is 562 g/mol. The molecular weight excluding hydrogens is 526 g/mol. The third-order valence-corrected chi connectivity index (χ3v) is 8.52. The minimum Gasteiger partial charge on any atom is -0.350 e. The molecule has 210 valence electrons. The van der Waals surface area contributed by atoms with Crippen molar-refractivity contribution in [3.8, 4) is 0 Å². The van der Waals surface area contributed by atoms with Gasteiger partial charge in [-0.1, -0.05) is 72.3 Å². The minimum absolute atomic E-state index is 0.0598. The maximum atomic E-state index is 13.9. The van der Waals surface area contributed by atoms with Gasteiger partial charge in [0.05, 0.1) is 5.56 Å². The quantitative estimate of drug-likeness (QED) is 0.424. The summed E-state index contributed by atoms with van der Waals surface area (Å²) in [5.41, 5.74) is 2.33. The van der Waals surface area contributed by atoms with Crippen LogP contribution in [0.4, 0.5) is 0 Å². The molecule has 3 aromatic rings. The van der Waals surface area contributed by atoms with E-state index in [2.05, 4.69) is 5.32 Å². The molecule has 3 amide bonds. The molecule has 0 aromatic heterocycles. The molecular formula is C31H35N3O5S.